The van der Waals surface area contributed by atoms with Gasteiger partial charge in [-0.15, -0.1) is 0 Å². The molecule has 1 aliphatic heterocycles. The van der Waals surface area contributed by atoms with Crippen LogP contribution in [0.1, 0.15) is 29.8 Å². The third kappa shape index (κ3) is 2.97. The molecule has 0 atom stereocenters. The number of aromatic nitrogens is 2. The van der Waals surface area contributed by atoms with Crippen LogP contribution in [0.4, 0.5) is 0 Å². The summed E-state index contributed by atoms with van der Waals surface area (Å²) in [7, 11) is 0. The molecule has 1 aromatic heterocycles. The van der Waals surface area contributed by atoms with Gasteiger partial charge in [0.2, 0.25) is 0 Å². The van der Waals surface area contributed by atoms with E-state index < -0.39 is 0 Å². The third-order valence-electron chi connectivity index (χ3n) is 4.65. The van der Waals surface area contributed by atoms with Gasteiger partial charge in [0.25, 0.3) is 0 Å². The molecule has 0 unspecified atom stereocenters. The molecule has 0 spiro atoms. The van der Waals surface area contributed by atoms with Crippen molar-refractivity contribution in [3.8, 4) is 0 Å². The van der Waals surface area contributed by atoms with E-state index in [-0.39, 0.29) is 0 Å². The molecule has 0 amide bonds. The Morgan fingerprint density at radius 3 is 2.52 bits per heavy atom. The lowest BCUT2D eigenvalue weighted by Crippen LogP contribution is -2.25. The summed E-state index contributed by atoms with van der Waals surface area (Å²) < 4.78 is 2.38. The lowest BCUT2D eigenvalue weighted by atomic mass is 10.1. The molecule has 3 rings (SSSR count). The first kappa shape index (κ1) is 14.5. The minimum absolute atomic E-state index is 0.658. The smallest absolute Gasteiger partial charge is 0.111 e. The van der Waals surface area contributed by atoms with Crippen LogP contribution < -0.4 is 5.73 Å². The van der Waals surface area contributed by atoms with E-state index in [1.807, 2.05) is 0 Å². The number of imidazole rings is 1. The maximum absolute atomic E-state index is 5.77. The molecule has 0 radical (unpaired) electrons. The average Bonchev–Trinajstić information content (AvgIpc) is 3.06. The molecule has 2 aromatic rings. The minimum atomic E-state index is 0.658. The summed E-state index contributed by atoms with van der Waals surface area (Å²) in [5, 5.41) is 0. The van der Waals surface area contributed by atoms with Crippen molar-refractivity contribution in [1.82, 2.24) is 14.5 Å². The SMILES string of the molecule is Cc1cc2nc(CCN)n(CCN3CCCC3)c2cc1C. The highest BCUT2D eigenvalue weighted by Gasteiger charge is 2.15. The Hall–Kier alpha value is -1.39. The van der Waals surface area contributed by atoms with Crippen molar-refractivity contribution in [3.05, 3.63) is 29.1 Å². The van der Waals surface area contributed by atoms with Gasteiger partial charge >= 0.3 is 0 Å². The molecule has 2 N–H and O–H groups in total. The first-order valence-electron chi connectivity index (χ1n) is 8.08. The maximum Gasteiger partial charge on any atom is 0.111 e. The van der Waals surface area contributed by atoms with Gasteiger partial charge in [0.05, 0.1) is 11.0 Å². The highest BCUT2D eigenvalue weighted by molar-refractivity contribution is 5.78. The van der Waals surface area contributed by atoms with Crippen LogP contribution >= 0.6 is 0 Å². The molecular weight excluding hydrogens is 260 g/mol. The molecule has 0 bridgehead atoms. The number of likely N-dealkylation sites (tertiary alicyclic amines) is 1. The summed E-state index contributed by atoms with van der Waals surface area (Å²) in [5.74, 6) is 1.14. The zero-order valence-corrected chi connectivity index (χ0v) is 13.2. The molecule has 1 saturated heterocycles. The van der Waals surface area contributed by atoms with Crippen LogP contribution in [-0.4, -0.2) is 40.6 Å². The van der Waals surface area contributed by atoms with Gasteiger partial charge in [-0.3, -0.25) is 0 Å². The van der Waals surface area contributed by atoms with Crippen molar-refractivity contribution in [2.24, 2.45) is 5.73 Å². The van der Waals surface area contributed by atoms with Crippen LogP contribution in [0, 0.1) is 13.8 Å². The Balaban J connectivity index is 1.92. The topological polar surface area (TPSA) is 47.1 Å². The van der Waals surface area contributed by atoms with Gasteiger partial charge in [-0.1, -0.05) is 0 Å². The number of aryl methyl sites for hydroxylation is 2. The molecule has 114 valence electrons. The Labute approximate surface area is 126 Å². The van der Waals surface area contributed by atoms with Gasteiger partial charge in [0, 0.05) is 19.5 Å². The van der Waals surface area contributed by atoms with Gasteiger partial charge in [-0.2, -0.15) is 0 Å². The first-order chi connectivity index (χ1) is 10.2. The summed E-state index contributed by atoms with van der Waals surface area (Å²) in [5.41, 5.74) is 10.8. The van der Waals surface area contributed by atoms with E-state index in [1.54, 1.807) is 0 Å². The summed E-state index contributed by atoms with van der Waals surface area (Å²) in [6.07, 6.45) is 3.55. The van der Waals surface area contributed by atoms with E-state index in [9.17, 15) is 0 Å². The Morgan fingerprint density at radius 2 is 1.81 bits per heavy atom. The number of benzene rings is 1. The first-order valence-corrected chi connectivity index (χ1v) is 8.08. The van der Waals surface area contributed by atoms with E-state index in [2.05, 4.69) is 35.4 Å². The number of fused-ring (bicyclic) bond motifs is 1. The molecule has 2 heterocycles. The fourth-order valence-corrected chi connectivity index (χ4v) is 3.25. The predicted molar refractivity (Wildman–Crippen MR) is 87.6 cm³/mol. The summed E-state index contributed by atoms with van der Waals surface area (Å²) in [6.45, 7) is 9.62. The lowest BCUT2D eigenvalue weighted by Gasteiger charge is -2.16. The van der Waals surface area contributed by atoms with Crippen molar-refractivity contribution >= 4 is 11.0 Å². The summed E-state index contributed by atoms with van der Waals surface area (Å²) in [6, 6.07) is 4.48. The van der Waals surface area contributed by atoms with Gasteiger partial charge < -0.3 is 15.2 Å². The second kappa shape index (κ2) is 6.16. The van der Waals surface area contributed by atoms with E-state index in [4.69, 9.17) is 10.7 Å². The highest BCUT2D eigenvalue weighted by Crippen LogP contribution is 2.21. The van der Waals surface area contributed by atoms with Crippen LogP contribution in [0.3, 0.4) is 0 Å². The molecule has 0 saturated carbocycles. The zero-order chi connectivity index (χ0) is 14.8. The van der Waals surface area contributed by atoms with Crippen LogP contribution in [0.5, 0.6) is 0 Å². The van der Waals surface area contributed by atoms with Crippen molar-refractivity contribution in [1.29, 1.82) is 0 Å². The monoisotopic (exact) mass is 286 g/mol. The Bertz CT molecular complexity index is 623. The quantitative estimate of drug-likeness (QED) is 0.917. The Morgan fingerprint density at radius 1 is 1.10 bits per heavy atom. The maximum atomic E-state index is 5.77. The second-order valence-electron chi connectivity index (χ2n) is 6.19. The van der Waals surface area contributed by atoms with Crippen molar-refractivity contribution in [2.75, 3.05) is 26.2 Å². The molecule has 0 aliphatic carbocycles. The highest BCUT2D eigenvalue weighted by atomic mass is 15.2. The normalized spacial score (nSPS) is 16.1. The summed E-state index contributed by atoms with van der Waals surface area (Å²) >= 11 is 0. The molecule has 1 fully saturated rings. The van der Waals surface area contributed by atoms with Crippen LogP contribution in [0.2, 0.25) is 0 Å². The number of rotatable bonds is 5. The zero-order valence-electron chi connectivity index (χ0n) is 13.2. The van der Waals surface area contributed by atoms with Crippen LogP contribution in [0.15, 0.2) is 12.1 Å². The molecule has 1 aliphatic rings. The average molecular weight is 286 g/mol. The van der Waals surface area contributed by atoms with Gasteiger partial charge in [0.15, 0.2) is 0 Å². The minimum Gasteiger partial charge on any atom is -0.330 e. The molecule has 21 heavy (non-hydrogen) atoms. The number of nitrogens with zero attached hydrogens (tertiary/aromatic N) is 3. The van der Waals surface area contributed by atoms with E-state index in [1.165, 1.54) is 42.6 Å². The Kier molecular flexibility index (Phi) is 4.27. The van der Waals surface area contributed by atoms with Crippen molar-refractivity contribution < 1.29 is 0 Å². The molecule has 1 aromatic carbocycles. The summed E-state index contributed by atoms with van der Waals surface area (Å²) in [4.78, 5) is 7.37. The largest absolute Gasteiger partial charge is 0.330 e. The second-order valence-corrected chi connectivity index (χ2v) is 6.19. The number of nitrogens with two attached hydrogens (primary N) is 1. The fourth-order valence-electron chi connectivity index (χ4n) is 3.25. The predicted octanol–water partition coefficient (Wildman–Crippen LogP) is 2.25. The number of hydrogen-bond donors (Lipinski definition) is 1. The van der Waals surface area contributed by atoms with E-state index in [0.717, 1.165) is 30.9 Å². The van der Waals surface area contributed by atoms with Crippen molar-refractivity contribution in [2.45, 2.75) is 39.7 Å². The molecule has 4 heteroatoms. The van der Waals surface area contributed by atoms with Crippen LogP contribution in [0.25, 0.3) is 11.0 Å². The molecule has 4 nitrogen and oxygen atoms in total. The fraction of sp³-hybridized carbons (Fsp3) is 0.588. The standard InChI is InChI=1S/C17H26N4/c1-13-11-15-16(12-14(13)2)21(17(19-15)5-6-18)10-9-20-7-3-4-8-20/h11-12H,3-10,18H2,1-2H3. The van der Waals surface area contributed by atoms with Gasteiger partial charge in [-0.25, -0.2) is 4.98 Å². The third-order valence-corrected chi connectivity index (χ3v) is 4.65. The van der Waals surface area contributed by atoms with E-state index in [0.29, 0.717) is 6.54 Å². The van der Waals surface area contributed by atoms with Crippen LogP contribution in [-0.2, 0) is 13.0 Å². The molecular formula is C17H26N4. The van der Waals surface area contributed by atoms with E-state index >= 15 is 0 Å². The van der Waals surface area contributed by atoms with Gasteiger partial charge in [0.1, 0.15) is 5.82 Å². The van der Waals surface area contributed by atoms with Gasteiger partial charge in [-0.05, 0) is 69.6 Å². The lowest BCUT2D eigenvalue weighted by molar-refractivity contribution is 0.322. The number of hydrogen-bond acceptors (Lipinski definition) is 3. The van der Waals surface area contributed by atoms with Crippen molar-refractivity contribution in [3.63, 3.8) is 0 Å².